The fourth-order valence-corrected chi connectivity index (χ4v) is 2.68. The van der Waals surface area contributed by atoms with Crippen LogP contribution in [0.2, 0.25) is 0 Å². The molecule has 1 unspecified atom stereocenters. The predicted octanol–water partition coefficient (Wildman–Crippen LogP) is 2.75. The first kappa shape index (κ1) is 14.4. The number of nitrogens with zero attached hydrogens (tertiary/aromatic N) is 1. The molecule has 1 aliphatic carbocycles. The lowest BCUT2D eigenvalue weighted by Gasteiger charge is -2.27. The summed E-state index contributed by atoms with van der Waals surface area (Å²) in [7, 11) is 3.78. The van der Waals surface area contributed by atoms with Crippen LogP contribution >= 0.6 is 0 Å². The predicted molar refractivity (Wildman–Crippen MR) is 79.8 cm³/mol. The van der Waals surface area contributed by atoms with Crippen LogP contribution in [0.4, 0.5) is 0 Å². The summed E-state index contributed by atoms with van der Waals surface area (Å²) in [5, 5.41) is 3.45. The molecular formula is C16H26N2O. The highest BCUT2D eigenvalue weighted by molar-refractivity contribution is 5.39. The van der Waals surface area contributed by atoms with E-state index in [-0.39, 0.29) is 0 Å². The smallest absolute Gasteiger partial charge is 0.123 e. The Morgan fingerprint density at radius 2 is 2.16 bits per heavy atom. The van der Waals surface area contributed by atoms with Gasteiger partial charge in [-0.05, 0) is 39.4 Å². The molecule has 3 nitrogen and oxygen atoms in total. The molecule has 0 spiro atoms. The zero-order chi connectivity index (χ0) is 13.8. The number of hydrogen-bond acceptors (Lipinski definition) is 3. The van der Waals surface area contributed by atoms with Gasteiger partial charge in [0.05, 0.1) is 7.11 Å². The maximum atomic E-state index is 5.52. The highest BCUT2D eigenvalue weighted by Gasteiger charge is 2.30. The van der Waals surface area contributed by atoms with E-state index in [1.54, 1.807) is 7.11 Å². The molecule has 0 aromatic heterocycles. The number of aryl methyl sites for hydroxylation is 1. The Morgan fingerprint density at radius 3 is 2.68 bits per heavy atom. The van der Waals surface area contributed by atoms with E-state index in [2.05, 4.69) is 42.3 Å². The molecule has 1 fully saturated rings. The molecule has 1 saturated carbocycles. The molecule has 0 saturated heterocycles. The number of nitrogens with one attached hydrogen (secondary N) is 1. The molecule has 0 radical (unpaired) electrons. The van der Waals surface area contributed by atoms with E-state index >= 15 is 0 Å². The quantitative estimate of drug-likeness (QED) is 0.818. The molecule has 0 heterocycles. The first-order valence-electron chi connectivity index (χ1n) is 7.25. The minimum absolute atomic E-state index is 0.329. The van der Waals surface area contributed by atoms with Gasteiger partial charge in [0.2, 0.25) is 0 Å². The molecule has 3 heteroatoms. The van der Waals surface area contributed by atoms with Crippen LogP contribution in [0.5, 0.6) is 5.75 Å². The molecule has 0 aliphatic heterocycles. The maximum absolute atomic E-state index is 5.52. The monoisotopic (exact) mass is 262 g/mol. The largest absolute Gasteiger partial charge is 0.496 e. The summed E-state index contributed by atoms with van der Waals surface area (Å²) < 4.78 is 5.52. The second-order valence-corrected chi connectivity index (χ2v) is 5.41. The van der Waals surface area contributed by atoms with E-state index in [0.29, 0.717) is 6.04 Å². The average molecular weight is 262 g/mol. The van der Waals surface area contributed by atoms with Crippen molar-refractivity contribution in [2.24, 2.45) is 0 Å². The van der Waals surface area contributed by atoms with Gasteiger partial charge in [0.15, 0.2) is 0 Å². The van der Waals surface area contributed by atoms with E-state index in [0.717, 1.165) is 24.9 Å². The maximum Gasteiger partial charge on any atom is 0.123 e. The van der Waals surface area contributed by atoms with Gasteiger partial charge in [-0.15, -0.1) is 0 Å². The third kappa shape index (κ3) is 3.48. The average Bonchev–Trinajstić information content (AvgIpc) is 3.25. The Bertz CT molecular complexity index is 415. The molecule has 106 valence electrons. The van der Waals surface area contributed by atoms with Crippen molar-refractivity contribution in [2.75, 3.05) is 27.2 Å². The fourth-order valence-electron chi connectivity index (χ4n) is 2.68. The summed E-state index contributed by atoms with van der Waals surface area (Å²) >= 11 is 0. The number of methoxy groups -OCH3 is 1. The summed E-state index contributed by atoms with van der Waals surface area (Å²) in [6, 6.07) is 7.54. The summed E-state index contributed by atoms with van der Waals surface area (Å²) in [6.07, 6.45) is 2.71. The van der Waals surface area contributed by atoms with Gasteiger partial charge >= 0.3 is 0 Å². The summed E-state index contributed by atoms with van der Waals surface area (Å²) in [6.45, 7) is 6.56. The van der Waals surface area contributed by atoms with Crippen LogP contribution in [-0.2, 0) is 0 Å². The fraction of sp³-hybridized carbons (Fsp3) is 0.625. The molecule has 1 aliphatic rings. The Labute approximate surface area is 116 Å². The Morgan fingerprint density at radius 1 is 1.42 bits per heavy atom. The summed E-state index contributed by atoms with van der Waals surface area (Å²) in [5.41, 5.74) is 2.55. The van der Waals surface area contributed by atoms with Gasteiger partial charge in [0, 0.05) is 24.2 Å². The van der Waals surface area contributed by atoms with E-state index in [9.17, 15) is 0 Å². The second kappa shape index (κ2) is 6.40. The summed E-state index contributed by atoms with van der Waals surface area (Å²) in [5.74, 6) is 0.983. The molecule has 0 bridgehead atoms. The Hall–Kier alpha value is -1.06. The van der Waals surface area contributed by atoms with Crippen LogP contribution in [0.15, 0.2) is 18.2 Å². The van der Waals surface area contributed by atoms with Crippen LogP contribution in [0.25, 0.3) is 0 Å². The molecule has 1 N–H and O–H groups in total. The van der Waals surface area contributed by atoms with Crippen LogP contribution in [0.1, 0.15) is 36.9 Å². The lowest BCUT2D eigenvalue weighted by Crippen LogP contribution is -2.35. The van der Waals surface area contributed by atoms with E-state index in [1.807, 2.05) is 7.05 Å². The number of ether oxygens (including phenoxy) is 1. The van der Waals surface area contributed by atoms with Gasteiger partial charge in [0.25, 0.3) is 0 Å². The van der Waals surface area contributed by atoms with Crippen molar-refractivity contribution in [2.45, 2.75) is 38.8 Å². The second-order valence-electron chi connectivity index (χ2n) is 5.41. The zero-order valence-electron chi connectivity index (χ0n) is 12.6. The number of hydrogen-bond donors (Lipinski definition) is 1. The van der Waals surface area contributed by atoms with Gasteiger partial charge in [-0.1, -0.05) is 24.6 Å². The molecule has 19 heavy (non-hydrogen) atoms. The van der Waals surface area contributed by atoms with Gasteiger partial charge in [-0.2, -0.15) is 0 Å². The topological polar surface area (TPSA) is 24.5 Å². The molecule has 2 rings (SSSR count). The third-order valence-corrected chi connectivity index (χ3v) is 4.00. The standard InChI is InChI=1S/C16H26N2O/c1-5-18(13-7-8-13)11-15(17-3)14-10-12(2)6-9-16(14)19-4/h6,9-10,13,15,17H,5,7-8,11H2,1-4H3. The van der Waals surface area contributed by atoms with Crippen LogP contribution in [-0.4, -0.2) is 38.2 Å². The molecule has 1 aromatic rings. The normalized spacial score (nSPS) is 16.7. The van der Waals surface area contributed by atoms with Gasteiger partial charge in [-0.3, -0.25) is 4.90 Å². The van der Waals surface area contributed by atoms with Crippen molar-refractivity contribution in [3.8, 4) is 5.75 Å². The number of benzene rings is 1. The first-order chi connectivity index (χ1) is 9.19. The van der Waals surface area contributed by atoms with Crippen molar-refractivity contribution in [1.29, 1.82) is 0 Å². The Balaban J connectivity index is 2.17. The number of likely N-dealkylation sites (N-methyl/N-ethyl adjacent to an activating group) is 2. The van der Waals surface area contributed by atoms with Gasteiger partial charge in [-0.25, -0.2) is 0 Å². The van der Waals surface area contributed by atoms with Crippen molar-refractivity contribution in [3.05, 3.63) is 29.3 Å². The van der Waals surface area contributed by atoms with Crippen LogP contribution in [0, 0.1) is 6.92 Å². The minimum Gasteiger partial charge on any atom is -0.496 e. The van der Waals surface area contributed by atoms with E-state index < -0.39 is 0 Å². The first-order valence-corrected chi connectivity index (χ1v) is 7.25. The molecule has 1 atom stereocenters. The minimum atomic E-state index is 0.329. The highest BCUT2D eigenvalue weighted by Crippen LogP contribution is 2.31. The lowest BCUT2D eigenvalue weighted by atomic mass is 10.0. The van der Waals surface area contributed by atoms with Crippen LogP contribution in [0.3, 0.4) is 0 Å². The lowest BCUT2D eigenvalue weighted by molar-refractivity contribution is 0.246. The van der Waals surface area contributed by atoms with Crippen molar-refractivity contribution in [1.82, 2.24) is 10.2 Å². The van der Waals surface area contributed by atoms with Crippen LogP contribution < -0.4 is 10.1 Å². The van der Waals surface area contributed by atoms with Gasteiger partial charge in [0.1, 0.15) is 5.75 Å². The third-order valence-electron chi connectivity index (χ3n) is 4.00. The molecule has 1 aromatic carbocycles. The summed E-state index contributed by atoms with van der Waals surface area (Å²) in [4.78, 5) is 2.57. The zero-order valence-corrected chi connectivity index (χ0v) is 12.6. The van der Waals surface area contributed by atoms with E-state index in [4.69, 9.17) is 4.74 Å². The SMILES string of the molecule is CCN(CC(NC)c1cc(C)ccc1OC)C1CC1. The van der Waals surface area contributed by atoms with Gasteiger partial charge < -0.3 is 10.1 Å². The highest BCUT2D eigenvalue weighted by atomic mass is 16.5. The van der Waals surface area contributed by atoms with Crippen molar-refractivity contribution >= 4 is 0 Å². The van der Waals surface area contributed by atoms with Crippen molar-refractivity contribution < 1.29 is 4.74 Å². The Kier molecular flexibility index (Phi) is 4.83. The van der Waals surface area contributed by atoms with Crippen molar-refractivity contribution in [3.63, 3.8) is 0 Å². The molecular weight excluding hydrogens is 236 g/mol. The molecule has 0 amide bonds. The number of rotatable bonds is 7. The van der Waals surface area contributed by atoms with E-state index in [1.165, 1.54) is 24.0 Å².